The Morgan fingerprint density at radius 3 is 2.11 bits per heavy atom. The predicted octanol–water partition coefficient (Wildman–Crippen LogP) is 2.93. The molecule has 19 heavy (non-hydrogen) atoms. The van der Waals surface area contributed by atoms with Gasteiger partial charge in [0, 0.05) is 6.04 Å². The highest BCUT2D eigenvalue weighted by Gasteiger charge is 2.17. The van der Waals surface area contributed by atoms with Crippen molar-refractivity contribution in [2.75, 3.05) is 14.1 Å². The van der Waals surface area contributed by atoms with Gasteiger partial charge in [0.15, 0.2) is 0 Å². The van der Waals surface area contributed by atoms with Crippen LogP contribution in [0, 0.1) is 0 Å². The average Bonchev–Trinajstić information content (AvgIpc) is 2.27. The van der Waals surface area contributed by atoms with E-state index in [-0.39, 0.29) is 17.9 Å². The van der Waals surface area contributed by atoms with Crippen molar-refractivity contribution in [2.24, 2.45) is 0 Å². The lowest BCUT2D eigenvalue weighted by Crippen LogP contribution is -2.32. The summed E-state index contributed by atoms with van der Waals surface area (Å²) < 4.78 is 0. The van der Waals surface area contributed by atoms with Gasteiger partial charge in [0.25, 0.3) is 0 Å². The third-order valence-electron chi connectivity index (χ3n) is 3.43. The van der Waals surface area contributed by atoms with Gasteiger partial charge in [-0.1, -0.05) is 45.0 Å². The molecule has 1 aromatic rings. The van der Waals surface area contributed by atoms with Crippen molar-refractivity contribution in [3.05, 3.63) is 35.4 Å². The standard InChI is InChI=1S/C16H25NO2/c1-16(2,3)13-8-6-12(7-9-13)10-14(17(4)5)11-15(18)19/h6-9,14H,10-11H2,1-5H3,(H,18,19). The second kappa shape index (κ2) is 6.20. The highest BCUT2D eigenvalue weighted by molar-refractivity contribution is 5.67. The summed E-state index contributed by atoms with van der Waals surface area (Å²) in [4.78, 5) is 12.8. The Morgan fingerprint density at radius 1 is 1.21 bits per heavy atom. The number of carboxylic acid groups (broad SMARTS) is 1. The molecule has 0 heterocycles. The van der Waals surface area contributed by atoms with Crippen molar-refractivity contribution in [2.45, 2.75) is 45.1 Å². The van der Waals surface area contributed by atoms with E-state index in [0.717, 1.165) is 6.42 Å². The molecule has 3 nitrogen and oxygen atoms in total. The highest BCUT2D eigenvalue weighted by Crippen LogP contribution is 2.22. The van der Waals surface area contributed by atoms with Gasteiger partial charge in [-0.15, -0.1) is 0 Å². The van der Waals surface area contributed by atoms with Crippen molar-refractivity contribution in [1.82, 2.24) is 4.90 Å². The molecule has 0 aliphatic rings. The van der Waals surface area contributed by atoms with Crippen molar-refractivity contribution in [1.29, 1.82) is 0 Å². The van der Waals surface area contributed by atoms with E-state index >= 15 is 0 Å². The van der Waals surface area contributed by atoms with Crippen molar-refractivity contribution in [3.8, 4) is 0 Å². The summed E-state index contributed by atoms with van der Waals surface area (Å²) in [5, 5.41) is 8.93. The van der Waals surface area contributed by atoms with Crippen LogP contribution in [0.5, 0.6) is 0 Å². The fourth-order valence-corrected chi connectivity index (χ4v) is 2.05. The second-order valence-corrected chi connectivity index (χ2v) is 6.37. The van der Waals surface area contributed by atoms with Crippen molar-refractivity contribution < 1.29 is 9.90 Å². The monoisotopic (exact) mass is 263 g/mol. The molecule has 1 atom stereocenters. The van der Waals surface area contributed by atoms with Gasteiger partial charge in [0.1, 0.15) is 0 Å². The molecule has 0 saturated carbocycles. The number of hydrogen-bond acceptors (Lipinski definition) is 2. The zero-order valence-electron chi connectivity index (χ0n) is 12.6. The molecule has 0 saturated heterocycles. The van der Waals surface area contributed by atoms with E-state index in [9.17, 15) is 4.79 Å². The van der Waals surface area contributed by atoms with Crippen LogP contribution in [-0.2, 0) is 16.6 Å². The Kier molecular flexibility index (Phi) is 5.12. The fraction of sp³-hybridized carbons (Fsp3) is 0.562. The molecule has 0 bridgehead atoms. The quantitative estimate of drug-likeness (QED) is 0.888. The van der Waals surface area contributed by atoms with Gasteiger partial charge in [0.05, 0.1) is 6.42 Å². The van der Waals surface area contributed by atoms with Gasteiger partial charge in [-0.2, -0.15) is 0 Å². The van der Waals surface area contributed by atoms with Crippen LogP contribution in [0.1, 0.15) is 38.3 Å². The maximum absolute atomic E-state index is 10.9. The van der Waals surface area contributed by atoms with Gasteiger partial charge in [-0.05, 0) is 37.1 Å². The van der Waals surface area contributed by atoms with Crippen LogP contribution in [0.15, 0.2) is 24.3 Å². The van der Waals surface area contributed by atoms with E-state index < -0.39 is 5.97 Å². The molecule has 0 radical (unpaired) electrons. The Balaban J connectivity index is 2.78. The Hall–Kier alpha value is -1.35. The van der Waals surface area contributed by atoms with Crippen LogP contribution in [0.3, 0.4) is 0 Å². The maximum atomic E-state index is 10.9. The van der Waals surface area contributed by atoms with Crippen LogP contribution in [0.25, 0.3) is 0 Å². The topological polar surface area (TPSA) is 40.5 Å². The first-order valence-corrected chi connectivity index (χ1v) is 6.68. The van der Waals surface area contributed by atoms with Crippen molar-refractivity contribution >= 4 is 5.97 Å². The van der Waals surface area contributed by atoms with E-state index in [4.69, 9.17) is 5.11 Å². The maximum Gasteiger partial charge on any atom is 0.304 e. The van der Waals surface area contributed by atoms with E-state index in [1.54, 1.807) is 0 Å². The number of carbonyl (C=O) groups is 1. The zero-order valence-corrected chi connectivity index (χ0v) is 12.6. The highest BCUT2D eigenvalue weighted by atomic mass is 16.4. The molecular weight excluding hydrogens is 238 g/mol. The summed E-state index contributed by atoms with van der Waals surface area (Å²) in [5.74, 6) is -0.745. The summed E-state index contributed by atoms with van der Waals surface area (Å²) in [6, 6.07) is 8.54. The molecule has 1 unspecified atom stereocenters. The lowest BCUT2D eigenvalue weighted by molar-refractivity contribution is -0.138. The van der Waals surface area contributed by atoms with Gasteiger partial charge >= 0.3 is 5.97 Å². The number of likely N-dealkylation sites (N-methyl/N-ethyl adjacent to an activating group) is 1. The van der Waals surface area contributed by atoms with Gasteiger partial charge in [-0.3, -0.25) is 4.79 Å². The minimum atomic E-state index is -0.745. The van der Waals surface area contributed by atoms with Gasteiger partial charge < -0.3 is 10.0 Å². The molecule has 0 fully saturated rings. The molecular formula is C16H25NO2. The number of benzene rings is 1. The molecule has 0 aliphatic carbocycles. The fourth-order valence-electron chi connectivity index (χ4n) is 2.05. The van der Waals surface area contributed by atoms with Crippen LogP contribution in [0.2, 0.25) is 0 Å². The van der Waals surface area contributed by atoms with Crippen molar-refractivity contribution in [3.63, 3.8) is 0 Å². The predicted molar refractivity (Wildman–Crippen MR) is 78.6 cm³/mol. The average molecular weight is 263 g/mol. The van der Waals surface area contributed by atoms with E-state index in [1.165, 1.54) is 11.1 Å². The Morgan fingerprint density at radius 2 is 1.74 bits per heavy atom. The number of nitrogens with zero attached hydrogens (tertiary/aromatic N) is 1. The SMILES string of the molecule is CN(C)C(CC(=O)O)Cc1ccc(C(C)(C)C)cc1. The minimum absolute atomic E-state index is 0.0398. The Bertz CT molecular complexity index is 415. The molecule has 106 valence electrons. The van der Waals surface area contributed by atoms with Gasteiger partial charge in [0.2, 0.25) is 0 Å². The normalized spacial score (nSPS) is 13.6. The lowest BCUT2D eigenvalue weighted by Gasteiger charge is -2.23. The molecule has 1 N–H and O–H groups in total. The minimum Gasteiger partial charge on any atom is -0.481 e. The van der Waals surface area contributed by atoms with Gasteiger partial charge in [-0.25, -0.2) is 0 Å². The lowest BCUT2D eigenvalue weighted by atomic mass is 9.86. The van der Waals surface area contributed by atoms with Crippen LogP contribution in [-0.4, -0.2) is 36.1 Å². The molecule has 3 heteroatoms. The zero-order chi connectivity index (χ0) is 14.6. The van der Waals surface area contributed by atoms with E-state index in [0.29, 0.717) is 0 Å². The van der Waals surface area contributed by atoms with E-state index in [1.807, 2.05) is 19.0 Å². The molecule has 1 rings (SSSR count). The molecule has 0 aromatic heterocycles. The molecule has 0 aliphatic heterocycles. The summed E-state index contributed by atoms with van der Waals surface area (Å²) in [6.45, 7) is 6.57. The first kappa shape index (κ1) is 15.7. The summed E-state index contributed by atoms with van der Waals surface area (Å²) >= 11 is 0. The van der Waals surface area contributed by atoms with Crippen LogP contribution in [0.4, 0.5) is 0 Å². The van der Waals surface area contributed by atoms with Crippen LogP contribution >= 0.6 is 0 Å². The third-order valence-corrected chi connectivity index (χ3v) is 3.43. The largest absolute Gasteiger partial charge is 0.481 e. The number of carboxylic acids is 1. The molecule has 1 aromatic carbocycles. The number of rotatable bonds is 5. The summed E-state index contributed by atoms with van der Waals surface area (Å²) in [7, 11) is 3.86. The second-order valence-electron chi connectivity index (χ2n) is 6.37. The first-order chi connectivity index (χ1) is 8.70. The summed E-state index contributed by atoms with van der Waals surface area (Å²) in [6.07, 6.45) is 0.942. The smallest absolute Gasteiger partial charge is 0.304 e. The Labute approximate surface area is 116 Å². The molecule has 0 spiro atoms. The number of hydrogen-bond donors (Lipinski definition) is 1. The summed E-state index contributed by atoms with van der Waals surface area (Å²) in [5.41, 5.74) is 2.64. The van der Waals surface area contributed by atoms with E-state index in [2.05, 4.69) is 45.0 Å². The third kappa shape index (κ3) is 5.03. The number of aliphatic carboxylic acids is 1. The first-order valence-electron chi connectivity index (χ1n) is 6.68. The molecule has 0 amide bonds. The van der Waals surface area contributed by atoms with Crippen LogP contribution < -0.4 is 0 Å².